The molecule has 3 N–H and O–H groups in total. The minimum atomic E-state index is -0.801. The second-order valence-electron chi connectivity index (χ2n) is 5.95. The van der Waals surface area contributed by atoms with Crippen molar-refractivity contribution in [2.45, 2.75) is 13.8 Å². The van der Waals surface area contributed by atoms with Crippen LogP contribution < -0.4 is 16.7 Å². The molecule has 1 heterocycles. The number of aromatic amines is 1. The van der Waals surface area contributed by atoms with Gasteiger partial charge in [-0.2, -0.15) is 5.10 Å². The number of hydrazone groups is 1. The van der Waals surface area contributed by atoms with E-state index in [9.17, 15) is 14.7 Å². The van der Waals surface area contributed by atoms with Crippen molar-refractivity contribution in [1.29, 1.82) is 0 Å². The second-order valence-corrected chi connectivity index (χ2v) is 6.36. The number of rotatable bonds is 4. The SMILES string of the molecule is Cc1ccc(NN=Cc2c(O)n(-c3ccccc3Cl)c(=O)[nH]c2=O)cc1C. The maximum atomic E-state index is 12.2. The lowest BCUT2D eigenvalue weighted by molar-refractivity contribution is 0.430. The molecule has 0 aliphatic rings. The number of hydrogen-bond donors (Lipinski definition) is 3. The first-order valence-electron chi connectivity index (χ1n) is 8.08. The molecular weight excluding hydrogens is 368 g/mol. The summed E-state index contributed by atoms with van der Waals surface area (Å²) in [5.41, 5.74) is 4.26. The van der Waals surface area contributed by atoms with Crippen LogP contribution in [0.1, 0.15) is 16.7 Å². The van der Waals surface area contributed by atoms with Gasteiger partial charge in [0.05, 0.1) is 22.6 Å². The molecule has 2 aromatic carbocycles. The molecule has 0 unspecified atom stereocenters. The first kappa shape index (κ1) is 18.5. The highest BCUT2D eigenvalue weighted by molar-refractivity contribution is 6.32. The number of anilines is 1. The lowest BCUT2D eigenvalue weighted by Crippen LogP contribution is -2.31. The van der Waals surface area contributed by atoms with Crippen LogP contribution in [0.5, 0.6) is 5.88 Å². The number of nitrogens with zero attached hydrogens (tertiary/aromatic N) is 2. The third-order valence-corrected chi connectivity index (χ3v) is 4.43. The Morgan fingerprint density at radius 3 is 2.59 bits per heavy atom. The molecule has 0 aliphatic carbocycles. The fourth-order valence-corrected chi connectivity index (χ4v) is 2.71. The van der Waals surface area contributed by atoms with Crippen LogP contribution in [0.25, 0.3) is 5.69 Å². The van der Waals surface area contributed by atoms with Crippen molar-refractivity contribution in [1.82, 2.24) is 9.55 Å². The van der Waals surface area contributed by atoms with Gasteiger partial charge in [0.2, 0.25) is 5.88 Å². The molecule has 0 atom stereocenters. The van der Waals surface area contributed by atoms with Crippen molar-refractivity contribution in [3.05, 3.63) is 85.0 Å². The van der Waals surface area contributed by atoms with E-state index in [4.69, 9.17) is 11.6 Å². The van der Waals surface area contributed by atoms with Gasteiger partial charge in [-0.3, -0.25) is 15.2 Å². The number of aromatic hydroxyl groups is 1. The molecule has 3 aromatic rings. The molecular formula is C19H17ClN4O3. The highest BCUT2D eigenvalue weighted by atomic mass is 35.5. The Hall–Kier alpha value is -3.32. The van der Waals surface area contributed by atoms with Gasteiger partial charge in [0, 0.05) is 0 Å². The maximum Gasteiger partial charge on any atom is 0.335 e. The molecule has 3 rings (SSSR count). The van der Waals surface area contributed by atoms with E-state index >= 15 is 0 Å². The summed E-state index contributed by atoms with van der Waals surface area (Å²) in [7, 11) is 0. The normalized spacial score (nSPS) is 11.1. The van der Waals surface area contributed by atoms with Crippen LogP contribution in [-0.4, -0.2) is 20.9 Å². The summed E-state index contributed by atoms with van der Waals surface area (Å²) in [4.78, 5) is 26.4. The van der Waals surface area contributed by atoms with E-state index in [1.165, 1.54) is 0 Å². The zero-order valence-electron chi connectivity index (χ0n) is 14.7. The summed E-state index contributed by atoms with van der Waals surface area (Å²) in [5, 5.41) is 14.7. The predicted octanol–water partition coefficient (Wildman–Crippen LogP) is 2.95. The van der Waals surface area contributed by atoms with E-state index < -0.39 is 17.1 Å². The summed E-state index contributed by atoms with van der Waals surface area (Å²) in [6, 6.07) is 12.2. The Morgan fingerprint density at radius 2 is 1.89 bits per heavy atom. The number of nitrogens with one attached hydrogen (secondary N) is 2. The van der Waals surface area contributed by atoms with E-state index in [1.807, 2.05) is 32.0 Å². The molecule has 138 valence electrons. The summed E-state index contributed by atoms with van der Waals surface area (Å²) in [5.74, 6) is -0.553. The molecule has 0 amide bonds. The van der Waals surface area contributed by atoms with Gasteiger partial charge < -0.3 is 5.11 Å². The summed E-state index contributed by atoms with van der Waals surface area (Å²) in [6.07, 6.45) is 1.15. The highest BCUT2D eigenvalue weighted by Gasteiger charge is 2.15. The van der Waals surface area contributed by atoms with Crippen LogP contribution in [0.2, 0.25) is 5.02 Å². The quantitative estimate of drug-likeness (QED) is 0.475. The molecule has 0 bridgehead atoms. The van der Waals surface area contributed by atoms with Gasteiger partial charge >= 0.3 is 5.69 Å². The summed E-state index contributed by atoms with van der Waals surface area (Å²) >= 11 is 6.10. The number of H-pyrrole nitrogens is 1. The van der Waals surface area contributed by atoms with Gasteiger partial charge in [-0.05, 0) is 49.2 Å². The Morgan fingerprint density at radius 1 is 1.15 bits per heavy atom. The molecule has 8 heteroatoms. The van der Waals surface area contributed by atoms with Crippen LogP contribution >= 0.6 is 11.6 Å². The highest BCUT2D eigenvalue weighted by Crippen LogP contribution is 2.22. The topological polar surface area (TPSA) is 99.5 Å². The minimum Gasteiger partial charge on any atom is -0.493 e. The average Bonchev–Trinajstić information content (AvgIpc) is 2.62. The number of aromatic nitrogens is 2. The predicted molar refractivity (Wildman–Crippen MR) is 106 cm³/mol. The molecule has 0 spiro atoms. The summed E-state index contributed by atoms with van der Waals surface area (Å²) in [6.45, 7) is 3.97. The smallest absolute Gasteiger partial charge is 0.335 e. The molecule has 0 aliphatic heterocycles. The molecule has 0 saturated heterocycles. The second kappa shape index (κ2) is 7.51. The molecule has 1 aromatic heterocycles. The molecule has 7 nitrogen and oxygen atoms in total. The number of benzene rings is 2. The third kappa shape index (κ3) is 3.78. The van der Waals surface area contributed by atoms with Crippen molar-refractivity contribution in [3.8, 4) is 11.6 Å². The zero-order chi connectivity index (χ0) is 19.6. The Kier molecular flexibility index (Phi) is 5.14. The number of aryl methyl sites for hydroxylation is 2. The van der Waals surface area contributed by atoms with Gasteiger partial charge in [0.25, 0.3) is 5.56 Å². The van der Waals surface area contributed by atoms with E-state index in [2.05, 4.69) is 15.5 Å². The largest absolute Gasteiger partial charge is 0.493 e. The van der Waals surface area contributed by atoms with Gasteiger partial charge in [-0.15, -0.1) is 0 Å². The Balaban J connectivity index is 2.00. The summed E-state index contributed by atoms with van der Waals surface area (Å²) < 4.78 is 0.918. The van der Waals surface area contributed by atoms with Crippen molar-refractivity contribution in [2.24, 2.45) is 5.10 Å². The van der Waals surface area contributed by atoms with E-state index in [0.29, 0.717) is 0 Å². The third-order valence-electron chi connectivity index (χ3n) is 4.11. The van der Waals surface area contributed by atoms with Gasteiger partial charge in [-0.25, -0.2) is 9.36 Å². The molecule has 0 radical (unpaired) electrons. The van der Waals surface area contributed by atoms with Crippen molar-refractivity contribution >= 4 is 23.5 Å². The molecule has 27 heavy (non-hydrogen) atoms. The van der Waals surface area contributed by atoms with Crippen LogP contribution in [0.4, 0.5) is 5.69 Å². The van der Waals surface area contributed by atoms with Crippen molar-refractivity contribution in [2.75, 3.05) is 5.43 Å². The monoisotopic (exact) mass is 384 g/mol. The number of hydrogen-bond acceptors (Lipinski definition) is 5. The zero-order valence-corrected chi connectivity index (χ0v) is 15.4. The van der Waals surface area contributed by atoms with E-state index in [1.54, 1.807) is 24.3 Å². The minimum absolute atomic E-state index is 0.175. The number of para-hydroxylation sites is 1. The Labute approximate surface area is 159 Å². The average molecular weight is 385 g/mol. The lowest BCUT2D eigenvalue weighted by Gasteiger charge is -2.11. The first-order chi connectivity index (χ1) is 12.9. The first-order valence-corrected chi connectivity index (χ1v) is 8.46. The molecule has 0 fully saturated rings. The maximum absolute atomic E-state index is 12.2. The fourth-order valence-electron chi connectivity index (χ4n) is 2.49. The van der Waals surface area contributed by atoms with E-state index in [-0.39, 0.29) is 16.3 Å². The van der Waals surface area contributed by atoms with Crippen molar-refractivity contribution in [3.63, 3.8) is 0 Å². The molecule has 0 saturated carbocycles. The van der Waals surface area contributed by atoms with Crippen LogP contribution in [-0.2, 0) is 0 Å². The number of halogens is 1. The van der Waals surface area contributed by atoms with Crippen LogP contribution in [0.15, 0.2) is 57.2 Å². The van der Waals surface area contributed by atoms with E-state index in [0.717, 1.165) is 27.6 Å². The van der Waals surface area contributed by atoms with Crippen LogP contribution in [0, 0.1) is 13.8 Å². The lowest BCUT2D eigenvalue weighted by atomic mass is 10.1. The standard InChI is InChI=1S/C19H17ClN4O3/c1-11-7-8-13(9-12(11)2)23-21-10-14-17(25)22-19(27)24(18(14)26)16-6-4-3-5-15(16)20/h3-10,23,26H,1-2H3,(H,22,25,27). The van der Waals surface area contributed by atoms with Crippen molar-refractivity contribution < 1.29 is 5.11 Å². The fraction of sp³-hybridized carbons (Fsp3) is 0.105. The van der Waals surface area contributed by atoms with Crippen LogP contribution in [0.3, 0.4) is 0 Å². The Bertz CT molecular complexity index is 1150. The van der Waals surface area contributed by atoms with Gasteiger partial charge in [0.15, 0.2) is 0 Å². The van der Waals surface area contributed by atoms with Gasteiger partial charge in [0.1, 0.15) is 5.56 Å². The van der Waals surface area contributed by atoms with Gasteiger partial charge in [-0.1, -0.05) is 29.8 Å².